The highest BCUT2D eigenvalue weighted by Gasteiger charge is 2.47. The first-order valence-corrected chi connectivity index (χ1v) is 20.5. The standard InChI is InChI=1S/C30H65P3/c1-8-15-22-23-30(31(24-16-9-2)25-17-10-3,32(26-18-11-4)27-19-12-5)33(28-20-13-6)29-21-14-7/h8-29H2,1-7H3. The maximum atomic E-state index is 2.44. The Balaban J connectivity index is 6.58. The molecule has 0 rings (SSSR count). The van der Waals surface area contributed by atoms with Crippen molar-refractivity contribution in [3.63, 3.8) is 0 Å². The molecule has 0 aliphatic heterocycles. The van der Waals surface area contributed by atoms with Crippen molar-refractivity contribution < 1.29 is 0 Å². The predicted octanol–water partition coefficient (Wildman–Crippen LogP) is 12.5. The summed E-state index contributed by atoms with van der Waals surface area (Å²) in [7, 11) is 0.528. The highest BCUT2D eigenvalue weighted by atomic mass is 31.2. The van der Waals surface area contributed by atoms with Gasteiger partial charge in [0.1, 0.15) is 0 Å². The van der Waals surface area contributed by atoms with Crippen LogP contribution in [0.5, 0.6) is 0 Å². The topological polar surface area (TPSA) is 0 Å². The quantitative estimate of drug-likeness (QED) is 0.0832. The Hall–Kier alpha value is 1.29. The van der Waals surface area contributed by atoms with Gasteiger partial charge in [0, 0.05) is 4.64 Å². The third kappa shape index (κ3) is 13.4. The molecule has 0 aliphatic rings. The molecular formula is C30H65P3. The zero-order valence-electron chi connectivity index (χ0n) is 24.4. The van der Waals surface area contributed by atoms with E-state index in [1.807, 2.05) is 0 Å². The lowest BCUT2D eigenvalue weighted by molar-refractivity contribution is 0.668. The lowest BCUT2D eigenvalue weighted by Gasteiger charge is -2.54. The van der Waals surface area contributed by atoms with Gasteiger partial charge < -0.3 is 0 Å². The van der Waals surface area contributed by atoms with Crippen LogP contribution in [0.2, 0.25) is 0 Å². The zero-order chi connectivity index (χ0) is 24.8. The van der Waals surface area contributed by atoms with Gasteiger partial charge in [-0.3, -0.25) is 0 Å². The van der Waals surface area contributed by atoms with Crippen LogP contribution in [0.4, 0.5) is 0 Å². The molecule has 0 aliphatic carbocycles. The molecule has 0 atom stereocenters. The number of unbranched alkanes of at least 4 members (excludes halogenated alkanes) is 8. The van der Waals surface area contributed by atoms with Crippen LogP contribution in [0.1, 0.15) is 151 Å². The van der Waals surface area contributed by atoms with Crippen LogP contribution in [0.15, 0.2) is 0 Å². The van der Waals surface area contributed by atoms with Gasteiger partial charge >= 0.3 is 0 Å². The Kier molecular flexibility index (Phi) is 24.6. The van der Waals surface area contributed by atoms with Crippen LogP contribution < -0.4 is 0 Å². The molecule has 200 valence electrons. The van der Waals surface area contributed by atoms with Gasteiger partial charge in [0.2, 0.25) is 0 Å². The molecule has 0 saturated heterocycles. The fourth-order valence-electron chi connectivity index (χ4n) is 5.19. The predicted molar refractivity (Wildman–Crippen MR) is 166 cm³/mol. The fourth-order valence-corrected chi connectivity index (χ4v) is 22.0. The van der Waals surface area contributed by atoms with Gasteiger partial charge in [0.05, 0.1) is 0 Å². The van der Waals surface area contributed by atoms with Crippen molar-refractivity contribution in [2.45, 2.75) is 156 Å². The van der Waals surface area contributed by atoms with E-state index in [1.54, 1.807) is 43.4 Å². The Morgan fingerprint density at radius 3 is 0.788 bits per heavy atom. The lowest BCUT2D eigenvalue weighted by Crippen LogP contribution is -2.30. The van der Waals surface area contributed by atoms with Crippen LogP contribution in [0, 0.1) is 0 Å². The Labute approximate surface area is 216 Å². The maximum Gasteiger partial charge on any atom is 0.0301 e. The van der Waals surface area contributed by atoms with Crippen LogP contribution in [-0.2, 0) is 0 Å². The summed E-state index contributed by atoms with van der Waals surface area (Å²) in [4.78, 5) is 0. The van der Waals surface area contributed by atoms with Crippen molar-refractivity contribution in [1.82, 2.24) is 0 Å². The third-order valence-corrected chi connectivity index (χ3v) is 21.3. The minimum atomic E-state index is 0.176. The molecule has 33 heavy (non-hydrogen) atoms. The first-order valence-electron chi connectivity index (χ1n) is 15.4. The van der Waals surface area contributed by atoms with Gasteiger partial charge in [0.25, 0.3) is 0 Å². The fraction of sp³-hybridized carbons (Fsp3) is 1.00. The monoisotopic (exact) mass is 518 g/mol. The number of hydrogen-bond acceptors (Lipinski definition) is 0. The van der Waals surface area contributed by atoms with E-state index in [0.717, 1.165) is 4.64 Å². The second-order valence-corrected chi connectivity index (χ2v) is 19.6. The van der Waals surface area contributed by atoms with Crippen molar-refractivity contribution in [1.29, 1.82) is 0 Å². The van der Waals surface area contributed by atoms with E-state index in [-0.39, 0.29) is 23.8 Å². The summed E-state index contributed by atoms with van der Waals surface area (Å²) in [6.45, 7) is 17.1. The van der Waals surface area contributed by atoms with E-state index >= 15 is 0 Å². The minimum absolute atomic E-state index is 0.176. The summed E-state index contributed by atoms with van der Waals surface area (Å²) >= 11 is 0. The molecule has 0 aromatic heterocycles. The summed E-state index contributed by atoms with van der Waals surface area (Å²) in [5.41, 5.74) is 0. The average molecular weight is 519 g/mol. The summed E-state index contributed by atoms with van der Waals surface area (Å²) in [5.74, 6) is 0. The van der Waals surface area contributed by atoms with Crippen LogP contribution in [0.25, 0.3) is 0 Å². The first-order chi connectivity index (χ1) is 16.1. The average Bonchev–Trinajstić information content (AvgIpc) is 2.83. The molecule has 0 unspecified atom stereocenters. The molecule has 0 fully saturated rings. The lowest BCUT2D eigenvalue weighted by atomic mass is 10.2. The summed E-state index contributed by atoms with van der Waals surface area (Å²) in [6.07, 6.45) is 33.1. The van der Waals surface area contributed by atoms with E-state index in [1.165, 1.54) is 96.3 Å². The van der Waals surface area contributed by atoms with Gasteiger partial charge in [-0.05, 0) is 81.9 Å². The Morgan fingerprint density at radius 2 is 0.576 bits per heavy atom. The van der Waals surface area contributed by atoms with E-state index in [9.17, 15) is 0 Å². The van der Waals surface area contributed by atoms with Crippen molar-refractivity contribution >= 4 is 23.8 Å². The van der Waals surface area contributed by atoms with E-state index in [0.29, 0.717) is 0 Å². The van der Waals surface area contributed by atoms with Crippen molar-refractivity contribution in [3.05, 3.63) is 0 Å². The molecule has 0 aromatic carbocycles. The van der Waals surface area contributed by atoms with E-state index in [4.69, 9.17) is 0 Å². The van der Waals surface area contributed by atoms with Gasteiger partial charge in [-0.1, -0.05) is 130 Å². The second-order valence-electron chi connectivity index (χ2n) is 10.3. The molecule has 0 radical (unpaired) electrons. The van der Waals surface area contributed by atoms with E-state index in [2.05, 4.69) is 48.5 Å². The molecule has 0 nitrogen and oxygen atoms in total. The molecule has 0 spiro atoms. The van der Waals surface area contributed by atoms with Crippen LogP contribution >= 0.6 is 23.8 Å². The van der Waals surface area contributed by atoms with Crippen molar-refractivity contribution in [3.8, 4) is 0 Å². The van der Waals surface area contributed by atoms with Gasteiger partial charge in [0.15, 0.2) is 0 Å². The molecule has 0 amide bonds. The van der Waals surface area contributed by atoms with Crippen molar-refractivity contribution in [2.24, 2.45) is 0 Å². The molecule has 0 saturated carbocycles. The summed E-state index contributed by atoms with van der Waals surface area (Å²) in [6, 6.07) is 0. The molecule has 0 bridgehead atoms. The van der Waals surface area contributed by atoms with Crippen LogP contribution in [-0.4, -0.2) is 41.6 Å². The normalized spacial score (nSPS) is 12.5. The third-order valence-electron chi connectivity index (χ3n) is 7.32. The SMILES string of the molecule is CCCCCC(P(CCCC)CCCC)(P(CCCC)CCCC)P(CCCC)CCCC. The zero-order valence-corrected chi connectivity index (χ0v) is 27.1. The highest BCUT2D eigenvalue weighted by Crippen LogP contribution is 2.82. The second kappa shape index (κ2) is 23.7. The Morgan fingerprint density at radius 1 is 0.333 bits per heavy atom. The van der Waals surface area contributed by atoms with E-state index < -0.39 is 0 Å². The minimum Gasteiger partial charge on any atom is -0.0913 e. The largest absolute Gasteiger partial charge is 0.0913 e. The molecule has 3 heteroatoms. The smallest absolute Gasteiger partial charge is 0.0301 e. The molecule has 0 heterocycles. The molecular weight excluding hydrogens is 453 g/mol. The van der Waals surface area contributed by atoms with Gasteiger partial charge in [-0.2, -0.15) is 0 Å². The molecule has 0 aromatic rings. The number of hydrogen-bond donors (Lipinski definition) is 0. The van der Waals surface area contributed by atoms with Crippen LogP contribution in [0.3, 0.4) is 0 Å². The number of rotatable bonds is 25. The van der Waals surface area contributed by atoms with Crippen molar-refractivity contribution in [2.75, 3.05) is 37.0 Å². The van der Waals surface area contributed by atoms with Gasteiger partial charge in [-0.25, -0.2) is 0 Å². The summed E-state index contributed by atoms with van der Waals surface area (Å²) < 4.78 is 0.800. The summed E-state index contributed by atoms with van der Waals surface area (Å²) in [5, 5.41) is 0. The van der Waals surface area contributed by atoms with Gasteiger partial charge in [-0.15, -0.1) is 0 Å². The first kappa shape index (κ1) is 34.3. The highest BCUT2D eigenvalue weighted by molar-refractivity contribution is 7.93. The maximum absolute atomic E-state index is 2.44. The Bertz CT molecular complexity index is 324. The molecule has 0 N–H and O–H groups in total.